The Morgan fingerprint density at radius 3 is 1.26 bits per heavy atom. The molecule has 1 heterocycles. The molecular formula is C54H50EuF3N3O5P2. The molecule has 8 nitrogen and oxygen atoms in total. The van der Waals surface area contributed by atoms with Crippen LogP contribution in [0.1, 0.15) is 17.3 Å². The molecule has 0 amide bonds. The van der Waals surface area contributed by atoms with E-state index >= 15 is 0 Å². The number of nitrogens with zero attached hydrogens (tertiary/aromatic N) is 3. The van der Waals surface area contributed by atoms with Crippen LogP contribution in [0.3, 0.4) is 0 Å². The summed E-state index contributed by atoms with van der Waals surface area (Å²) in [5.41, 5.74) is -0.697. The molecule has 349 valence electrons. The Bertz CT molecular complexity index is 2990. The fourth-order valence-electron chi connectivity index (χ4n) is 7.37. The molecule has 1 radical (unpaired) electrons. The molecule has 14 heteroatoms. The van der Waals surface area contributed by atoms with Gasteiger partial charge in [0.2, 0.25) is 0 Å². The fourth-order valence-corrected chi connectivity index (χ4v) is 12.4. The number of alkyl halides is 3. The van der Waals surface area contributed by atoms with Gasteiger partial charge in [0.1, 0.15) is 11.3 Å². The van der Waals surface area contributed by atoms with Crippen LogP contribution in [0, 0.1) is 49.4 Å². The number of ketones is 1. The maximum absolute atomic E-state index is 13.8. The molecule has 0 spiro atoms. The van der Waals surface area contributed by atoms with Crippen molar-refractivity contribution in [2.75, 3.05) is 38.0 Å². The number of Topliss-reactive ketones (excluding diaryl/α,β-unsaturated/α-hetero) is 1. The van der Waals surface area contributed by atoms with E-state index in [4.69, 9.17) is 0 Å². The molecule has 0 saturated carbocycles. The van der Waals surface area contributed by atoms with E-state index < -0.39 is 43.1 Å². The first-order valence-electron chi connectivity index (χ1n) is 21.0. The zero-order valence-corrected chi connectivity index (χ0v) is 42.2. The molecule has 0 aliphatic rings. The molecule has 0 unspecified atom stereocenters. The van der Waals surface area contributed by atoms with Crippen LogP contribution in [-0.4, -0.2) is 49.8 Å². The molecule has 7 aromatic carbocycles. The van der Waals surface area contributed by atoms with Gasteiger partial charge < -0.3 is 24.0 Å². The third-order valence-corrected chi connectivity index (χ3v) is 17.1. The molecule has 8 aromatic rings. The smallest absolute Gasteiger partial charge is 0.455 e. The molecule has 8 rings (SSSR count). The van der Waals surface area contributed by atoms with Gasteiger partial charge in [-0.25, -0.2) is 0 Å². The van der Waals surface area contributed by atoms with Crippen LogP contribution in [0.5, 0.6) is 5.75 Å². The summed E-state index contributed by atoms with van der Waals surface area (Å²) >= 11 is 0. The summed E-state index contributed by atoms with van der Waals surface area (Å²) in [6.45, 7) is 5.75. The van der Waals surface area contributed by atoms with Crippen LogP contribution in [0.15, 0.2) is 211 Å². The average Bonchev–Trinajstić information content (AvgIpc) is 3.35. The van der Waals surface area contributed by atoms with Crippen molar-refractivity contribution in [2.45, 2.75) is 13.1 Å². The van der Waals surface area contributed by atoms with Crippen LogP contribution in [0.2, 0.25) is 0 Å². The van der Waals surface area contributed by atoms with E-state index in [2.05, 4.69) is 6.58 Å². The van der Waals surface area contributed by atoms with Gasteiger partial charge in [0.15, 0.2) is 14.3 Å². The topological polar surface area (TPSA) is 99.9 Å². The largest absolute Gasteiger partial charge is 0.506 e. The van der Waals surface area contributed by atoms with Crippen LogP contribution in [0.4, 0.5) is 24.5 Å². The number of hydrogen-bond donors (Lipinski definition) is 1. The molecule has 0 atom stereocenters. The Morgan fingerprint density at radius 1 is 0.574 bits per heavy atom. The van der Waals surface area contributed by atoms with Gasteiger partial charge in [-0.3, -0.25) is 14.2 Å². The van der Waals surface area contributed by atoms with Crippen LogP contribution in [0.25, 0.3) is 16.6 Å². The summed E-state index contributed by atoms with van der Waals surface area (Å²) in [4.78, 5) is 28.5. The van der Waals surface area contributed by atoms with Crippen molar-refractivity contribution in [2.24, 2.45) is 0 Å². The summed E-state index contributed by atoms with van der Waals surface area (Å²) in [7, 11) is 1.61. The van der Waals surface area contributed by atoms with Gasteiger partial charge in [-0.05, 0) is 54.7 Å². The van der Waals surface area contributed by atoms with E-state index in [9.17, 15) is 37.0 Å². The molecule has 0 aliphatic carbocycles. The van der Waals surface area contributed by atoms with E-state index in [0.29, 0.717) is 5.69 Å². The number of pyridine rings is 1. The van der Waals surface area contributed by atoms with Gasteiger partial charge >= 0.3 is 6.18 Å². The third kappa shape index (κ3) is 11.6. The molecule has 1 aromatic heterocycles. The number of halogens is 3. The molecule has 0 aliphatic heterocycles. The number of aromatic hydroxyl groups is 1. The molecule has 0 fully saturated rings. The minimum atomic E-state index is -5.31. The Morgan fingerprint density at radius 2 is 0.926 bits per heavy atom. The Balaban J connectivity index is 0.000000198. The Hall–Kier alpha value is -5.61. The monoisotopic (exact) mass is 1090 g/mol. The summed E-state index contributed by atoms with van der Waals surface area (Å²) in [6.07, 6.45) is -5.31. The zero-order chi connectivity index (χ0) is 48.5. The van der Waals surface area contributed by atoms with Crippen LogP contribution < -0.4 is 41.9 Å². The van der Waals surface area contributed by atoms with Crippen molar-refractivity contribution in [3.8, 4) is 11.4 Å². The number of rotatable bonds is 10. The van der Waals surface area contributed by atoms with Gasteiger partial charge in [0.25, 0.3) is 11.3 Å². The van der Waals surface area contributed by atoms with Crippen molar-refractivity contribution in [1.29, 1.82) is 0 Å². The van der Waals surface area contributed by atoms with E-state index in [0.717, 1.165) is 42.1 Å². The minimum Gasteiger partial charge on any atom is -0.506 e. The number of carbonyl (C=O) groups excluding carboxylic acids is 1. The number of anilines is 2. The Labute approximate surface area is 435 Å². The van der Waals surface area contributed by atoms with Crippen molar-refractivity contribution >= 4 is 68.9 Å². The third-order valence-electron chi connectivity index (χ3n) is 10.9. The van der Waals surface area contributed by atoms with E-state index in [1.165, 1.54) is 12.1 Å². The predicted octanol–water partition coefficient (Wildman–Crippen LogP) is 10.4. The van der Waals surface area contributed by atoms with Gasteiger partial charge in [0, 0.05) is 127 Å². The van der Waals surface area contributed by atoms with E-state index in [1.54, 1.807) is 49.3 Å². The minimum absolute atomic E-state index is 0. The predicted molar refractivity (Wildman–Crippen MR) is 271 cm³/mol. The first-order valence-corrected chi connectivity index (χ1v) is 24.4. The second-order valence-electron chi connectivity index (χ2n) is 15.8. The molecule has 0 saturated heterocycles. The van der Waals surface area contributed by atoms with Crippen molar-refractivity contribution in [1.82, 2.24) is 4.57 Å². The molecule has 0 bridgehead atoms. The quantitative estimate of drug-likeness (QED) is 0.108. The second kappa shape index (κ2) is 23.1. The number of fused-ring (bicyclic) bond motifs is 1. The van der Waals surface area contributed by atoms with Crippen molar-refractivity contribution < 1.29 is 81.6 Å². The first-order chi connectivity index (χ1) is 31.9. The summed E-state index contributed by atoms with van der Waals surface area (Å²) in [6, 6.07) is 59.4. The SMILES string of the molecule is C=C(C)P(=O)(c1ccccc1)c1ccccc1.CN(C)c1ccc(-n2c(=O)c(C(=O)C(F)(F)F)c(O)c3cc(N(C)C)ccc32)cc1.O=P(c1ccccc1)(c1ccccc1)c1ccccc1.[Eu]. The molecular weight excluding hydrogens is 1040 g/mol. The van der Waals surface area contributed by atoms with Crippen LogP contribution in [-0.2, 0) is 9.13 Å². The normalized spacial score (nSPS) is 11.2. The maximum atomic E-state index is 13.8. The first kappa shape index (κ1) is 53.4. The van der Waals surface area contributed by atoms with Crippen LogP contribution >= 0.6 is 14.3 Å². The van der Waals surface area contributed by atoms with E-state index in [-0.39, 0.29) is 66.0 Å². The summed E-state index contributed by atoms with van der Waals surface area (Å²) in [5, 5.41) is 15.5. The zero-order valence-electron chi connectivity index (χ0n) is 38.0. The number of benzene rings is 7. The van der Waals surface area contributed by atoms with Gasteiger partial charge in [-0.15, -0.1) is 0 Å². The fraction of sp³-hybridized carbons (Fsp3) is 0.111. The average molecular weight is 1090 g/mol. The Kier molecular flexibility index (Phi) is 18.1. The molecule has 1 N–H and O–H groups in total. The second-order valence-corrected chi connectivity index (χ2v) is 21.6. The number of hydrogen-bond acceptors (Lipinski definition) is 7. The number of allylic oxidation sites excluding steroid dienone is 1. The number of aromatic nitrogens is 1. The maximum Gasteiger partial charge on any atom is 0.455 e. The number of carbonyl (C=O) groups is 1. The van der Waals surface area contributed by atoms with Crippen molar-refractivity contribution in [3.63, 3.8) is 0 Å². The molecule has 68 heavy (non-hydrogen) atoms. The van der Waals surface area contributed by atoms with Gasteiger partial charge in [0.05, 0.1) is 5.52 Å². The van der Waals surface area contributed by atoms with E-state index in [1.807, 2.05) is 178 Å². The van der Waals surface area contributed by atoms with Gasteiger partial charge in [-0.2, -0.15) is 13.2 Å². The summed E-state index contributed by atoms with van der Waals surface area (Å²) in [5.74, 6) is -3.37. The van der Waals surface area contributed by atoms with Crippen molar-refractivity contribution in [3.05, 3.63) is 222 Å². The van der Waals surface area contributed by atoms with Gasteiger partial charge in [-0.1, -0.05) is 158 Å². The standard InChI is InChI=1S/C21H20F3N3O3.C18H15OP.C15H15OP.Eu/c1-25(2)12-5-7-13(8-6-12)27-16-10-9-14(26(3)4)11-15(16)18(28)17(20(27)30)19(29)21(22,23)24;19-20(16-10-4-1-5-11-16,17-12-6-2-7-13-17)18-14-8-3-9-15-18;1-13(2)17(16,14-9-5-3-6-10-14)15-11-7-4-8-12-15;/h5-11,28H,1-4H3;1-15H;3-12H,1H2,2H3;. The summed E-state index contributed by atoms with van der Waals surface area (Å²) < 4.78 is 67.5.